The number of anilines is 2. The zero-order valence-corrected chi connectivity index (χ0v) is 54.1. The van der Waals surface area contributed by atoms with Gasteiger partial charge in [0.05, 0.1) is 13.1 Å². The third-order valence-electron chi connectivity index (χ3n) is 11.1. The van der Waals surface area contributed by atoms with Crippen LogP contribution in [0.2, 0.25) is 51.4 Å². The van der Waals surface area contributed by atoms with Gasteiger partial charge in [0.1, 0.15) is 43.8 Å². The second-order valence-corrected chi connectivity index (χ2v) is 35.9. The van der Waals surface area contributed by atoms with Gasteiger partial charge < -0.3 is 24.3 Å². The number of ether oxygens (including phenoxy) is 2. The predicted molar refractivity (Wildman–Crippen MR) is 338 cm³/mol. The van der Waals surface area contributed by atoms with Crippen LogP contribution in [0.5, 0.6) is 0 Å². The lowest BCUT2D eigenvalue weighted by Crippen LogP contribution is -2.22. The van der Waals surface area contributed by atoms with Gasteiger partial charge in [0.2, 0.25) is 0 Å². The Kier molecular flexibility index (Phi) is 24.6. The Balaban J connectivity index is 0.000000200. The van der Waals surface area contributed by atoms with Gasteiger partial charge in [-0.1, -0.05) is 51.1 Å². The van der Waals surface area contributed by atoms with Crippen molar-refractivity contribution in [3.63, 3.8) is 0 Å². The molecule has 8 aromatic rings. The maximum Gasteiger partial charge on any atom is 0.142 e. The van der Waals surface area contributed by atoms with E-state index in [1.54, 1.807) is 12.4 Å². The van der Waals surface area contributed by atoms with Crippen LogP contribution in [-0.2, 0) is 22.9 Å². The Morgan fingerprint density at radius 2 is 1.08 bits per heavy atom. The number of H-pyrrole nitrogens is 1. The number of aromatic amines is 1. The normalized spacial score (nSPS) is 11.2. The molecule has 0 amide bonds. The van der Waals surface area contributed by atoms with Crippen LogP contribution in [0.15, 0.2) is 117 Å². The first-order valence-electron chi connectivity index (χ1n) is 23.8. The van der Waals surface area contributed by atoms with Crippen molar-refractivity contribution in [2.24, 2.45) is 0 Å². The van der Waals surface area contributed by atoms with Crippen LogP contribution < -0.4 is 9.80 Å². The molecule has 0 spiro atoms. The molecule has 6 heterocycles. The highest BCUT2D eigenvalue weighted by Crippen LogP contribution is 2.25. The quantitative estimate of drug-likeness (QED) is 0.0446. The molecule has 0 aliphatic heterocycles. The molecular formula is C55H63Br3F2I2N8O2Si2. The number of pyridine rings is 3. The van der Waals surface area contributed by atoms with Gasteiger partial charge in [0, 0.05) is 127 Å². The van der Waals surface area contributed by atoms with Crippen molar-refractivity contribution >= 4 is 154 Å². The smallest absolute Gasteiger partial charge is 0.142 e. The molecule has 392 valence electrons. The first kappa shape index (κ1) is 61.2. The summed E-state index contributed by atoms with van der Waals surface area (Å²) in [5, 5.41) is 3.31. The molecule has 6 aromatic heterocycles. The topological polar surface area (TPSA) is 89.3 Å². The zero-order chi connectivity index (χ0) is 54.0. The van der Waals surface area contributed by atoms with Gasteiger partial charge in [-0.05, 0) is 196 Å². The minimum Gasteiger partial charge on any atom is -0.372 e. The van der Waals surface area contributed by atoms with E-state index in [0.29, 0.717) is 26.6 Å². The van der Waals surface area contributed by atoms with Crippen LogP contribution in [0.1, 0.15) is 16.8 Å². The van der Waals surface area contributed by atoms with Gasteiger partial charge in [-0.15, -0.1) is 6.42 Å². The SMILES string of the molecule is Brc1cnc2[nH]c(I)cc2c1.C#Cc1ccc(N(C)CCF)cc1.CN(CCF)c1ccc(C#Cc2cc3cc(Br)cnc3n2COCC[Si](C)(C)C)cc1.C[Si](C)(C)CCOCn1c(I)cc2cc(Br)cnc21. The van der Waals surface area contributed by atoms with Gasteiger partial charge in [-0.2, -0.15) is 0 Å². The van der Waals surface area contributed by atoms with E-state index in [2.05, 4.69) is 193 Å². The number of aromatic nitrogens is 6. The Bertz CT molecular complexity index is 3160. The van der Waals surface area contributed by atoms with E-state index >= 15 is 0 Å². The average molecular weight is 1460 g/mol. The fourth-order valence-corrected chi connectivity index (χ4v) is 10.7. The molecule has 0 fully saturated rings. The monoisotopic (exact) mass is 1450 g/mol. The van der Waals surface area contributed by atoms with E-state index in [0.717, 1.165) is 101 Å². The zero-order valence-electron chi connectivity index (χ0n) is 43.1. The van der Waals surface area contributed by atoms with Crippen molar-refractivity contribution in [3.05, 3.63) is 141 Å². The number of nitrogens with one attached hydrogen (secondary N) is 1. The molecule has 0 saturated heterocycles. The van der Waals surface area contributed by atoms with Gasteiger partial charge in [0.25, 0.3) is 0 Å². The summed E-state index contributed by atoms with van der Waals surface area (Å²) in [7, 11) is 1.58. The summed E-state index contributed by atoms with van der Waals surface area (Å²) in [5.41, 5.74) is 7.37. The van der Waals surface area contributed by atoms with E-state index in [-0.39, 0.29) is 13.3 Å². The summed E-state index contributed by atoms with van der Waals surface area (Å²) in [4.78, 5) is 20.1. The van der Waals surface area contributed by atoms with Gasteiger partial charge in [-0.25, -0.2) is 23.7 Å². The highest BCUT2D eigenvalue weighted by molar-refractivity contribution is 14.1. The highest BCUT2D eigenvalue weighted by Gasteiger charge is 2.15. The maximum absolute atomic E-state index is 12.6. The molecule has 0 atom stereocenters. The van der Waals surface area contributed by atoms with Crippen molar-refractivity contribution in [3.8, 4) is 24.2 Å². The summed E-state index contributed by atoms with van der Waals surface area (Å²) in [5.74, 6) is 9.05. The molecule has 0 saturated carbocycles. The summed E-state index contributed by atoms with van der Waals surface area (Å²) < 4.78 is 45.7. The molecular weight excluding hydrogens is 1390 g/mol. The third kappa shape index (κ3) is 20.0. The number of terminal acetylenes is 1. The Labute approximate surface area is 489 Å². The van der Waals surface area contributed by atoms with E-state index < -0.39 is 16.1 Å². The summed E-state index contributed by atoms with van der Waals surface area (Å²) in [6.07, 6.45) is 10.6. The largest absolute Gasteiger partial charge is 0.372 e. The minimum atomic E-state index is -1.14. The fraction of sp³-hybridized carbons (Fsp3) is 0.327. The molecule has 19 heteroatoms. The number of hydrogen-bond acceptors (Lipinski definition) is 7. The Morgan fingerprint density at radius 3 is 1.58 bits per heavy atom. The number of halogens is 7. The lowest BCUT2D eigenvalue weighted by molar-refractivity contribution is 0.0883. The van der Waals surface area contributed by atoms with Crippen LogP contribution in [0, 0.1) is 31.6 Å². The van der Waals surface area contributed by atoms with Crippen molar-refractivity contribution in [1.82, 2.24) is 29.1 Å². The predicted octanol–water partition coefficient (Wildman–Crippen LogP) is 15.6. The number of fused-ring (bicyclic) bond motifs is 3. The maximum atomic E-state index is 12.6. The van der Waals surface area contributed by atoms with E-state index in [4.69, 9.17) is 15.9 Å². The summed E-state index contributed by atoms with van der Waals surface area (Å²) >= 11 is 14.9. The first-order chi connectivity index (χ1) is 35.2. The number of nitrogens with zero attached hydrogens (tertiary/aromatic N) is 7. The molecule has 0 aliphatic rings. The van der Waals surface area contributed by atoms with Crippen LogP contribution >= 0.6 is 93.0 Å². The van der Waals surface area contributed by atoms with Crippen LogP contribution in [0.25, 0.3) is 33.1 Å². The van der Waals surface area contributed by atoms with Crippen molar-refractivity contribution < 1.29 is 18.3 Å². The lowest BCUT2D eigenvalue weighted by Gasteiger charge is -2.17. The van der Waals surface area contributed by atoms with Gasteiger partial charge >= 0.3 is 0 Å². The second-order valence-electron chi connectivity index (χ2n) is 19.6. The van der Waals surface area contributed by atoms with Crippen LogP contribution in [0.4, 0.5) is 20.2 Å². The van der Waals surface area contributed by atoms with Gasteiger partial charge in [0.15, 0.2) is 0 Å². The average Bonchev–Trinajstić information content (AvgIpc) is 4.00. The van der Waals surface area contributed by atoms with Crippen molar-refractivity contribution in [2.75, 3.05) is 63.5 Å². The number of rotatable bonds is 16. The molecule has 0 radical (unpaired) electrons. The third-order valence-corrected chi connectivity index (χ3v) is 17.3. The first-order valence-corrected chi connectivity index (χ1v) is 35.7. The van der Waals surface area contributed by atoms with Gasteiger partial charge in [-0.3, -0.25) is 9.13 Å². The lowest BCUT2D eigenvalue weighted by atomic mass is 10.2. The molecule has 2 aromatic carbocycles. The molecule has 10 nitrogen and oxygen atoms in total. The molecule has 8 rings (SSSR count). The second kappa shape index (κ2) is 29.7. The molecule has 0 bridgehead atoms. The van der Waals surface area contributed by atoms with Crippen molar-refractivity contribution in [1.29, 1.82) is 0 Å². The summed E-state index contributed by atoms with van der Waals surface area (Å²) in [6, 6.07) is 30.1. The Hall–Kier alpha value is -3.66. The minimum absolute atomic E-state index is 0.340. The molecule has 74 heavy (non-hydrogen) atoms. The molecule has 1 N–H and O–H groups in total. The van der Waals surface area contributed by atoms with E-state index in [1.807, 2.05) is 101 Å². The van der Waals surface area contributed by atoms with Crippen molar-refractivity contribution in [2.45, 2.75) is 64.8 Å². The van der Waals surface area contributed by atoms with E-state index in [1.165, 1.54) is 6.04 Å². The molecule has 0 unspecified atom stereocenters. The highest BCUT2D eigenvalue weighted by atomic mass is 127. The van der Waals surface area contributed by atoms with Crippen LogP contribution in [0.3, 0.4) is 0 Å². The standard InChI is InChI=1S/C24H29BrFN3OSi.C13H18BrIN2OSi.C11H12FN.C7H4BrIN2/c1-28(12-11-26)22-8-5-19(6-9-22)7-10-23-16-20-15-21(25)17-27-24(20)29(23)18-30-13-14-31(2,3)4;1-19(2,3)5-4-18-9-17-12(15)7-10-6-11(14)8-16-13(10)17;1-3-10-4-6-11(7-5-10)13(2)9-8-12;8-5-1-4-2-6(9)11-7(4)10-3-5/h5-6,8-9,15-17H,11-14,18H2,1-4H3;6-8H,4-5,9H2,1-3H3;1,4-7H,8-9H2,2H3;1-3H,(H,10,11). The van der Waals surface area contributed by atoms with Crippen LogP contribution in [-0.4, -0.2) is 99.0 Å². The Morgan fingerprint density at radius 1 is 0.622 bits per heavy atom. The molecule has 0 aliphatic carbocycles. The number of benzene rings is 2. The number of alkyl halides is 2. The fourth-order valence-electron chi connectivity index (χ4n) is 6.85. The summed E-state index contributed by atoms with van der Waals surface area (Å²) in [6.45, 7) is 16.8. The van der Waals surface area contributed by atoms with E-state index in [9.17, 15) is 8.78 Å². The number of hydrogen-bond donors (Lipinski definition) is 1.